The van der Waals surface area contributed by atoms with Gasteiger partial charge in [0.15, 0.2) is 11.5 Å². The Kier molecular flexibility index (Phi) is 5.24. The Bertz CT molecular complexity index is 1020. The van der Waals surface area contributed by atoms with Crippen LogP contribution in [0.25, 0.3) is 0 Å². The molecule has 1 heterocycles. The third kappa shape index (κ3) is 4.60. The van der Waals surface area contributed by atoms with Crippen molar-refractivity contribution in [3.63, 3.8) is 0 Å². The molecule has 2 N–H and O–H groups in total. The topological polar surface area (TPSA) is 68.8 Å². The minimum absolute atomic E-state index is 0.149. The van der Waals surface area contributed by atoms with Gasteiger partial charge in [-0.25, -0.2) is 0 Å². The average molecular weight is 390 g/mol. The molecule has 148 valence electrons. The van der Waals surface area contributed by atoms with Crippen LogP contribution in [0.3, 0.4) is 0 Å². The number of carbonyl (C=O) groups excluding carboxylic acids is 1. The van der Waals surface area contributed by atoms with Gasteiger partial charge in [0.05, 0.1) is 0 Å². The fraction of sp³-hybridized carbons (Fsp3) is 0.174. The molecule has 3 aromatic carbocycles. The quantitative estimate of drug-likeness (QED) is 0.623. The lowest BCUT2D eigenvalue weighted by molar-refractivity contribution is -0.116. The van der Waals surface area contributed by atoms with Gasteiger partial charge in [-0.3, -0.25) is 4.79 Å². The van der Waals surface area contributed by atoms with Crippen LogP contribution in [-0.4, -0.2) is 18.7 Å². The molecule has 0 aliphatic carbocycles. The first-order valence-electron chi connectivity index (χ1n) is 9.38. The van der Waals surface area contributed by atoms with Crippen molar-refractivity contribution in [1.29, 1.82) is 0 Å². The standard InChI is InChI=1S/C23H22N2O4/c1-15-4-3-5-20(12-15)29-19-9-6-17(7-10-19)24-16(2)23(26)25-18-8-11-21-22(13-18)28-14-27-21/h3-13,16,24H,14H2,1-2H3,(H,25,26)/t16-/m1/s1. The molecule has 0 unspecified atom stereocenters. The Labute approximate surface area is 169 Å². The molecule has 6 nitrogen and oxygen atoms in total. The van der Waals surface area contributed by atoms with E-state index in [1.54, 1.807) is 25.1 Å². The van der Waals surface area contributed by atoms with E-state index < -0.39 is 6.04 Å². The van der Waals surface area contributed by atoms with Crippen LogP contribution in [0.15, 0.2) is 66.7 Å². The molecule has 1 amide bonds. The summed E-state index contributed by atoms with van der Waals surface area (Å²) in [7, 11) is 0. The van der Waals surface area contributed by atoms with Gasteiger partial charge in [-0.2, -0.15) is 0 Å². The molecule has 0 saturated heterocycles. The Hall–Kier alpha value is -3.67. The predicted octanol–water partition coefficient (Wildman–Crippen LogP) is 4.96. The molecule has 0 saturated carbocycles. The van der Waals surface area contributed by atoms with Crippen molar-refractivity contribution in [2.45, 2.75) is 19.9 Å². The molecule has 0 fully saturated rings. The Balaban J connectivity index is 1.34. The van der Waals surface area contributed by atoms with E-state index in [9.17, 15) is 4.79 Å². The highest BCUT2D eigenvalue weighted by atomic mass is 16.7. The van der Waals surface area contributed by atoms with Gasteiger partial charge in [-0.05, 0) is 67.9 Å². The van der Waals surface area contributed by atoms with Crippen molar-refractivity contribution in [2.75, 3.05) is 17.4 Å². The van der Waals surface area contributed by atoms with Gasteiger partial charge in [-0.1, -0.05) is 12.1 Å². The lowest BCUT2D eigenvalue weighted by Crippen LogP contribution is -2.31. The zero-order chi connectivity index (χ0) is 20.2. The van der Waals surface area contributed by atoms with Gasteiger partial charge < -0.3 is 24.8 Å². The van der Waals surface area contributed by atoms with E-state index in [0.717, 1.165) is 22.7 Å². The monoisotopic (exact) mass is 390 g/mol. The Morgan fingerprint density at radius 1 is 0.931 bits per heavy atom. The lowest BCUT2D eigenvalue weighted by Gasteiger charge is -2.16. The molecule has 29 heavy (non-hydrogen) atoms. The lowest BCUT2D eigenvalue weighted by atomic mass is 10.2. The van der Waals surface area contributed by atoms with Gasteiger partial charge in [-0.15, -0.1) is 0 Å². The number of hydrogen-bond donors (Lipinski definition) is 2. The van der Waals surface area contributed by atoms with Crippen LogP contribution in [0.5, 0.6) is 23.0 Å². The van der Waals surface area contributed by atoms with Gasteiger partial charge in [0, 0.05) is 17.4 Å². The third-order valence-electron chi connectivity index (χ3n) is 4.50. The van der Waals surface area contributed by atoms with E-state index in [1.165, 1.54) is 0 Å². The normalized spacial score (nSPS) is 12.9. The van der Waals surface area contributed by atoms with Crippen LogP contribution in [0.2, 0.25) is 0 Å². The van der Waals surface area contributed by atoms with Gasteiger partial charge in [0.25, 0.3) is 0 Å². The van der Waals surface area contributed by atoms with Crippen molar-refractivity contribution in [2.24, 2.45) is 0 Å². The second-order valence-electron chi connectivity index (χ2n) is 6.87. The first-order valence-corrected chi connectivity index (χ1v) is 9.38. The molecule has 0 spiro atoms. The molecule has 0 bridgehead atoms. The largest absolute Gasteiger partial charge is 0.457 e. The molecule has 6 heteroatoms. The number of anilines is 2. The van der Waals surface area contributed by atoms with Crippen molar-refractivity contribution in [3.05, 3.63) is 72.3 Å². The van der Waals surface area contributed by atoms with Crippen LogP contribution in [0.1, 0.15) is 12.5 Å². The van der Waals surface area contributed by atoms with E-state index in [-0.39, 0.29) is 12.7 Å². The summed E-state index contributed by atoms with van der Waals surface area (Å²) in [5, 5.41) is 6.07. The van der Waals surface area contributed by atoms with E-state index in [0.29, 0.717) is 17.2 Å². The van der Waals surface area contributed by atoms with Crippen LogP contribution in [-0.2, 0) is 4.79 Å². The maximum atomic E-state index is 12.5. The maximum Gasteiger partial charge on any atom is 0.246 e. The number of ether oxygens (including phenoxy) is 3. The number of carbonyl (C=O) groups is 1. The molecule has 0 radical (unpaired) electrons. The number of rotatable bonds is 6. The molecule has 1 aliphatic rings. The fourth-order valence-corrected chi connectivity index (χ4v) is 2.97. The van der Waals surface area contributed by atoms with Crippen LogP contribution < -0.4 is 24.8 Å². The van der Waals surface area contributed by atoms with Gasteiger partial charge >= 0.3 is 0 Å². The zero-order valence-electron chi connectivity index (χ0n) is 16.3. The van der Waals surface area contributed by atoms with E-state index in [1.807, 2.05) is 55.5 Å². The Morgan fingerprint density at radius 3 is 2.48 bits per heavy atom. The van der Waals surface area contributed by atoms with Crippen LogP contribution in [0.4, 0.5) is 11.4 Å². The van der Waals surface area contributed by atoms with Crippen molar-refractivity contribution < 1.29 is 19.0 Å². The fourth-order valence-electron chi connectivity index (χ4n) is 2.97. The van der Waals surface area contributed by atoms with Gasteiger partial charge in [0.1, 0.15) is 17.5 Å². The number of amides is 1. The smallest absolute Gasteiger partial charge is 0.246 e. The second kappa shape index (κ2) is 8.14. The SMILES string of the molecule is Cc1cccc(Oc2ccc(N[C@H](C)C(=O)Nc3ccc4c(c3)OCO4)cc2)c1. The molecular weight excluding hydrogens is 368 g/mol. The van der Waals surface area contributed by atoms with Crippen molar-refractivity contribution in [3.8, 4) is 23.0 Å². The summed E-state index contributed by atoms with van der Waals surface area (Å²) >= 11 is 0. The predicted molar refractivity (Wildman–Crippen MR) is 112 cm³/mol. The number of fused-ring (bicyclic) bond motifs is 1. The Morgan fingerprint density at radius 2 is 1.69 bits per heavy atom. The molecule has 0 aromatic heterocycles. The number of hydrogen-bond acceptors (Lipinski definition) is 5. The van der Waals surface area contributed by atoms with Gasteiger partial charge in [0.2, 0.25) is 12.7 Å². The summed E-state index contributed by atoms with van der Waals surface area (Å²) in [6.07, 6.45) is 0. The minimum atomic E-state index is -0.427. The summed E-state index contributed by atoms with van der Waals surface area (Å²) in [4.78, 5) is 12.5. The van der Waals surface area contributed by atoms with Crippen LogP contribution in [0, 0.1) is 6.92 Å². The highest BCUT2D eigenvalue weighted by molar-refractivity contribution is 5.96. The number of aryl methyl sites for hydroxylation is 1. The highest BCUT2D eigenvalue weighted by Gasteiger charge is 2.17. The molecule has 3 aromatic rings. The maximum absolute atomic E-state index is 12.5. The van der Waals surface area contributed by atoms with Crippen molar-refractivity contribution in [1.82, 2.24) is 0 Å². The number of nitrogens with one attached hydrogen (secondary N) is 2. The summed E-state index contributed by atoms with van der Waals surface area (Å²) in [5.74, 6) is 2.69. The first kappa shape index (κ1) is 18.7. The average Bonchev–Trinajstić information content (AvgIpc) is 3.17. The summed E-state index contributed by atoms with van der Waals surface area (Å²) in [6.45, 7) is 4.03. The summed E-state index contributed by atoms with van der Waals surface area (Å²) in [5.41, 5.74) is 2.63. The molecule has 1 aliphatic heterocycles. The third-order valence-corrected chi connectivity index (χ3v) is 4.50. The first-order chi connectivity index (χ1) is 14.1. The van der Waals surface area contributed by atoms with E-state index in [2.05, 4.69) is 10.6 Å². The highest BCUT2D eigenvalue weighted by Crippen LogP contribution is 2.34. The summed E-state index contributed by atoms with van der Waals surface area (Å²) in [6, 6.07) is 20.3. The van der Waals surface area contributed by atoms with E-state index in [4.69, 9.17) is 14.2 Å². The second-order valence-corrected chi connectivity index (χ2v) is 6.87. The van der Waals surface area contributed by atoms with E-state index >= 15 is 0 Å². The molecular formula is C23H22N2O4. The molecule has 1 atom stereocenters. The van der Waals surface area contributed by atoms with Crippen molar-refractivity contribution >= 4 is 17.3 Å². The number of benzene rings is 3. The minimum Gasteiger partial charge on any atom is -0.457 e. The zero-order valence-corrected chi connectivity index (χ0v) is 16.3. The molecule has 4 rings (SSSR count). The summed E-state index contributed by atoms with van der Waals surface area (Å²) < 4.78 is 16.5. The van der Waals surface area contributed by atoms with Crippen LogP contribution >= 0.6 is 0 Å².